The Balaban J connectivity index is 1.80. The highest BCUT2D eigenvalue weighted by molar-refractivity contribution is 5.91. The lowest BCUT2D eigenvalue weighted by Gasteiger charge is -2.17. The number of rotatable bonds is 11. The number of aromatic nitrogens is 2. The van der Waals surface area contributed by atoms with Gasteiger partial charge in [0.05, 0.1) is 12.2 Å². The van der Waals surface area contributed by atoms with Crippen molar-refractivity contribution in [1.82, 2.24) is 20.2 Å². The van der Waals surface area contributed by atoms with E-state index in [1.54, 1.807) is 5.32 Å². The summed E-state index contributed by atoms with van der Waals surface area (Å²) in [6.07, 6.45) is -5.15. The summed E-state index contributed by atoms with van der Waals surface area (Å²) in [6, 6.07) is 0. The fourth-order valence-electron chi connectivity index (χ4n) is 3.26. The van der Waals surface area contributed by atoms with Crippen LogP contribution >= 0.6 is 0 Å². The summed E-state index contributed by atoms with van der Waals surface area (Å²) < 4.78 is 42.2. The monoisotopic (exact) mass is 508 g/mol. The third kappa shape index (κ3) is 8.02. The first-order chi connectivity index (χ1) is 16.5. The first-order valence-electron chi connectivity index (χ1n) is 10.7. The molecule has 0 bridgehead atoms. The summed E-state index contributed by atoms with van der Waals surface area (Å²) in [7, 11) is 0. The van der Waals surface area contributed by atoms with E-state index in [-0.39, 0.29) is 18.7 Å². The fourth-order valence-corrected chi connectivity index (χ4v) is 3.26. The van der Waals surface area contributed by atoms with Crippen LogP contribution in [0.25, 0.3) is 6.08 Å². The van der Waals surface area contributed by atoms with Crippen molar-refractivity contribution in [3.63, 3.8) is 0 Å². The normalized spacial score (nSPS) is 22.5. The molecule has 1 aliphatic rings. The van der Waals surface area contributed by atoms with Crippen molar-refractivity contribution >= 4 is 17.9 Å². The number of H-pyrrole nitrogens is 1. The molecule has 0 saturated carbocycles. The molecule has 1 aromatic rings. The van der Waals surface area contributed by atoms with E-state index in [2.05, 4.69) is 5.32 Å². The summed E-state index contributed by atoms with van der Waals surface area (Å²) in [5.74, 6) is -2.53. The van der Waals surface area contributed by atoms with Gasteiger partial charge in [0.1, 0.15) is 18.3 Å². The maximum absolute atomic E-state index is 12.1. The second-order valence-electron chi connectivity index (χ2n) is 7.77. The topological polar surface area (TPSA) is 183 Å². The number of amides is 2. The molecule has 0 radical (unpaired) electrons. The van der Waals surface area contributed by atoms with Gasteiger partial charge in [0.25, 0.3) is 5.56 Å². The second-order valence-corrected chi connectivity index (χ2v) is 7.77. The summed E-state index contributed by atoms with van der Waals surface area (Å²) in [5, 5.41) is 33.4. The van der Waals surface area contributed by atoms with Gasteiger partial charge >= 0.3 is 17.8 Å². The molecule has 2 rings (SSSR count). The Kier molecular flexibility index (Phi) is 10.2. The van der Waals surface area contributed by atoms with Gasteiger partial charge in [0.2, 0.25) is 5.91 Å². The van der Waals surface area contributed by atoms with Gasteiger partial charge in [0.15, 0.2) is 6.23 Å². The fraction of sp³-hybridized carbons (Fsp3) is 0.600. The number of hydrogen-bond acceptors (Lipinski definition) is 8. The zero-order chi connectivity index (χ0) is 26.2. The Labute approximate surface area is 196 Å². The molecule has 4 unspecified atom stereocenters. The number of aromatic amines is 1. The molecular weight excluding hydrogens is 481 g/mol. The zero-order valence-corrected chi connectivity index (χ0v) is 18.5. The average molecular weight is 508 g/mol. The van der Waals surface area contributed by atoms with E-state index in [0.29, 0.717) is 25.7 Å². The van der Waals surface area contributed by atoms with Gasteiger partial charge in [-0.15, -0.1) is 0 Å². The van der Waals surface area contributed by atoms with Crippen LogP contribution in [0, 0.1) is 0 Å². The van der Waals surface area contributed by atoms with E-state index in [4.69, 9.17) is 4.74 Å². The number of nitrogens with one attached hydrogen (secondary N) is 3. The van der Waals surface area contributed by atoms with Crippen LogP contribution < -0.4 is 21.9 Å². The second kappa shape index (κ2) is 12.6. The van der Waals surface area contributed by atoms with Gasteiger partial charge in [-0.25, -0.2) is 4.79 Å². The van der Waals surface area contributed by atoms with E-state index in [0.717, 1.165) is 22.9 Å². The van der Waals surface area contributed by atoms with Gasteiger partial charge in [-0.3, -0.25) is 23.9 Å². The highest BCUT2D eigenvalue weighted by atomic mass is 19.4. The molecule has 0 spiro atoms. The summed E-state index contributed by atoms with van der Waals surface area (Å²) in [5.41, 5.74) is -1.84. The molecule has 6 N–H and O–H groups in total. The minimum atomic E-state index is -4.91. The molecule has 1 aliphatic heterocycles. The van der Waals surface area contributed by atoms with Crippen molar-refractivity contribution in [2.75, 3.05) is 19.7 Å². The van der Waals surface area contributed by atoms with Gasteiger partial charge in [-0.05, 0) is 18.9 Å². The van der Waals surface area contributed by atoms with Crippen molar-refractivity contribution < 1.29 is 42.8 Å². The SMILES string of the molecule is O=C(/C=C/c1cn(C2OC(CO)C(O)C2O)c(=O)[nH]c1=O)NCCCCCCNC(=O)C(F)(F)F. The lowest BCUT2D eigenvalue weighted by molar-refractivity contribution is -0.173. The smallest absolute Gasteiger partial charge is 0.394 e. The molecule has 12 nitrogen and oxygen atoms in total. The van der Waals surface area contributed by atoms with Crippen LogP contribution in [0.2, 0.25) is 0 Å². The van der Waals surface area contributed by atoms with Crippen molar-refractivity contribution in [2.24, 2.45) is 0 Å². The first kappa shape index (κ1) is 28.2. The standard InChI is InChI=1S/C20H27F3N4O8/c21-20(22,23)18(33)25-8-4-2-1-3-7-24-13(29)6-5-11-9-27(19(34)26-16(11)32)17-15(31)14(30)12(10-28)35-17/h5-6,9,12,14-15,17,28,30-31H,1-4,7-8,10H2,(H,24,29)(H,25,33)(H,26,32,34)/b6-5+. The van der Waals surface area contributed by atoms with Gasteiger partial charge < -0.3 is 30.7 Å². The molecular formula is C20H27F3N4O8. The Bertz CT molecular complexity index is 1020. The number of aliphatic hydroxyl groups excluding tert-OH is 3. The van der Waals surface area contributed by atoms with E-state index < -0.39 is 60.4 Å². The maximum atomic E-state index is 12.1. The molecule has 2 amide bonds. The van der Waals surface area contributed by atoms with Crippen LogP contribution in [-0.4, -0.2) is 80.9 Å². The number of hydrogen-bond donors (Lipinski definition) is 6. The van der Waals surface area contributed by atoms with Gasteiger partial charge in [-0.1, -0.05) is 12.8 Å². The molecule has 196 valence electrons. The van der Waals surface area contributed by atoms with E-state index >= 15 is 0 Å². The number of carbonyl (C=O) groups is 2. The zero-order valence-electron chi connectivity index (χ0n) is 18.5. The van der Waals surface area contributed by atoms with Crippen LogP contribution in [-0.2, 0) is 14.3 Å². The maximum Gasteiger partial charge on any atom is 0.471 e. The highest BCUT2D eigenvalue weighted by Crippen LogP contribution is 2.28. The number of halogens is 3. The molecule has 1 saturated heterocycles. The molecule has 1 aromatic heterocycles. The van der Waals surface area contributed by atoms with Gasteiger partial charge in [-0.2, -0.15) is 13.2 Å². The molecule has 0 aromatic carbocycles. The van der Waals surface area contributed by atoms with Crippen LogP contribution in [0.15, 0.2) is 21.9 Å². The quantitative estimate of drug-likeness (QED) is 0.154. The predicted molar refractivity (Wildman–Crippen MR) is 114 cm³/mol. The number of nitrogens with zero attached hydrogens (tertiary/aromatic N) is 1. The van der Waals surface area contributed by atoms with E-state index in [9.17, 15) is 47.7 Å². The minimum absolute atomic E-state index is 0.104. The summed E-state index contributed by atoms with van der Waals surface area (Å²) in [6.45, 7) is -0.447. The number of ether oxygens (including phenoxy) is 1. The number of alkyl halides is 3. The Morgan fingerprint density at radius 1 is 1.09 bits per heavy atom. The highest BCUT2D eigenvalue weighted by Gasteiger charge is 2.43. The van der Waals surface area contributed by atoms with Crippen LogP contribution in [0.3, 0.4) is 0 Å². The third-order valence-corrected chi connectivity index (χ3v) is 5.15. The Hall–Kier alpha value is -3.01. The summed E-state index contributed by atoms with van der Waals surface area (Å²) >= 11 is 0. The minimum Gasteiger partial charge on any atom is -0.394 e. The molecule has 15 heteroatoms. The average Bonchev–Trinajstić information content (AvgIpc) is 3.07. The lowest BCUT2D eigenvalue weighted by atomic mass is 10.1. The largest absolute Gasteiger partial charge is 0.471 e. The molecule has 0 aliphatic carbocycles. The van der Waals surface area contributed by atoms with Crippen molar-refractivity contribution in [3.8, 4) is 0 Å². The molecule has 2 heterocycles. The van der Waals surface area contributed by atoms with Crippen LogP contribution in [0.5, 0.6) is 0 Å². The number of aliphatic hydroxyl groups is 3. The van der Waals surface area contributed by atoms with E-state index in [1.807, 2.05) is 4.98 Å². The number of unbranched alkanes of at least 4 members (excludes halogenated alkanes) is 3. The lowest BCUT2D eigenvalue weighted by Crippen LogP contribution is -2.38. The van der Waals surface area contributed by atoms with Gasteiger partial charge in [0, 0.05) is 25.4 Å². The molecule has 35 heavy (non-hydrogen) atoms. The third-order valence-electron chi connectivity index (χ3n) is 5.15. The van der Waals surface area contributed by atoms with E-state index in [1.165, 1.54) is 0 Å². The summed E-state index contributed by atoms with van der Waals surface area (Å²) in [4.78, 5) is 48.8. The Morgan fingerprint density at radius 3 is 2.29 bits per heavy atom. The molecule has 4 atom stereocenters. The predicted octanol–water partition coefficient (Wildman–Crippen LogP) is -1.48. The van der Waals surface area contributed by atoms with Crippen molar-refractivity contribution in [2.45, 2.75) is 56.4 Å². The van der Waals surface area contributed by atoms with Crippen molar-refractivity contribution in [1.29, 1.82) is 0 Å². The first-order valence-corrected chi connectivity index (χ1v) is 10.7. The van der Waals surface area contributed by atoms with Crippen LogP contribution in [0.1, 0.15) is 37.5 Å². The Morgan fingerprint density at radius 2 is 1.71 bits per heavy atom. The number of carbonyl (C=O) groups excluding carboxylic acids is 2. The van der Waals surface area contributed by atoms with Crippen LogP contribution in [0.4, 0.5) is 13.2 Å². The van der Waals surface area contributed by atoms with Crippen molar-refractivity contribution in [3.05, 3.63) is 38.7 Å². The molecule has 1 fully saturated rings.